The van der Waals surface area contributed by atoms with E-state index in [1.165, 1.54) is 10.4 Å². The summed E-state index contributed by atoms with van der Waals surface area (Å²) in [6.07, 6.45) is 4.11. The molecular formula is C28H34FN7O3S. The first-order valence-corrected chi connectivity index (χ1v) is 14.8. The lowest BCUT2D eigenvalue weighted by Gasteiger charge is -2.36. The summed E-state index contributed by atoms with van der Waals surface area (Å²) in [5.41, 5.74) is 2.94. The smallest absolute Gasteiger partial charge is 0.243 e. The maximum absolute atomic E-state index is 13.6. The van der Waals surface area contributed by atoms with Crippen LogP contribution in [0, 0.1) is 12.7 Å². The highest BCUT2D eigenvalue weighted by molar-refractivity contribution is 7.89. The van der Waals surface area contributed by atoms with Crippen molar-refractivity contribution in [1.29, 1.82) is 0 Å². The van der Waals surface area contributed by atoms with E-state index < -0.39 is 10.0 Å². The lowest BCUT2D eigenvalue weighted by molar-refractivity contribution is 0.0994. The normalized spacial score (nSPS) is 18.4. The van der Waals surface area contributed by atoms with Gasteiger partial charge < -0.3 is 15.5 Å². The minimum absolute atomic E-state index is 0.0618. The molecule has 1 unspecified atom stereocenters. The third-order valence-corrected chi connectivity index (χ3v) is 9.16. The lowest BCUT2D eigenvalue weighted by Crippen LogP contribution is -2.46. The van der Waals surface area contributed by atoms with E-state index in [1.807, 2.05) is 6.92 Å². The van der Waals surface area contributed by atoms with Crippen LogP contribution in [0.2, 0.25) is 0 Å². The second-order valence-corrected chi connectivity index (χ2v) is 12.3. The van der Waals surface area contributed by atoms with Gasteiger partial charge in [0.25, 0.3) is 0 Å². The molecule has 2 aliphatic heterocycles. The number of hydrogen-bond acceptors (Lipinski definition) is 9. The fraction of sp³-hybridized carbons (Fsp3) is 0.393. The first kappa shape index (κ1) is 27.9. The van der Waals surface area contributed by atoms with Gasteiger partial charge in [0.1, 0.15) is 17.7 Å². The number of sulfonamides is 1. The molecule has 0 spiro atoms. The molecule has 0 amide bonds. The van der Waals surface area contributed by atoms with Crippen LogP contribution in [0.5, 0.6) is 0 Å². The van der Waals surface area contributed by atoms with Crippen molar-refractivity contribution in [3.05, 3.63) is 66.1 Å². The molecule has 0 radical (unpaired) electrons. The molecule has 212 valence electrons. The van der Waals surface area contributed by atoms with Gasteiger partial charge in [-0.25, -0.2) is 17.8 Å². The summed E-state index contributed by atoms with van der Waals surface area (Å²) in [5, 5.41) is 10.4. The molecule has 3 aromatic rings. The van der Waals surface area contributed by atoms with Crippen molar-refractivity contribution in [2.45, 2.75) is 50.2 Å². The van der Waals surface area contributed by atoms with E-state index in [4.69, 9.17) is 4.84 Å². The van der Waals surface area contributed by atoms with Gasteiger partial charge >= 0.3 is 0 Å². The Morgan fingerprint density at radius 3 is 2.48 bits per heavy atom. The van der Waals surface area contributed by atoms with Gasteiger partial charge in [-0.3, -0.25) is 4.90 Å². The molecule has 2 aromatic carbocycles. The SMILES string of the molecule is Cc1cc(Nc2ccnc(Nc3ccc(S(=O)(=O)N(C)C4CCN(CC5=NOC(C)C5)CC4)cc3)n2)ccc1F. The summed E-state index contributed by atoms with van der Waals surface area (Å²) in [6.45, 7) is 6.11. The van der Waals surface area contributed by atoms with Crippen molar-refractivity contribution in [3.8, 4) is 0 Å². The van der Waals surface area contributed by atoms with Crippen LogP contribution >= 0.6 is 0 Å². The lowest BCUT2D eigenvalue weighted by atomic mass is 10.0. The molecular weight excluding hydrogens is 533 g/mol. The van der Waals surface area contributed by atoms with Crippen LogP contribution in [0.15, 0.2) is 64.8 Å². The van der Waals surface area contributed by atoms with E-state index >= 15 is 0 Å². The average molecular weight is 568 g/mol. The minimum Gasteiger partial charge on any atom is -0.392 e. The summed E-state index contributed by atoms with van der Waals surface area (Å²) in [7, 11) is -1.99. The Balaban J connectivity index is 1.17. The summed E-state index contributed by atoms with van der Waals surface area (Å²) < 4.78 is 41.8. The zero-order valence-electron chi connectivity index (χ0n) is 22.8. The zero-order chi connectivity index (χ0) is 28.3. The number of halogens is 1. The molecule has 1 aromatic heterocycles. The van der Waals surface area contributed by atoms with Crippen LogP contribution in [-0.4, -0.2) is 72.1 Å². The predicted octanol–water partition coefficient (Wildman–Crippen LogP) is 4.66. The quantitative estimate of drug-likeness (QED) is 0.384. The molecule has 1 fully saturated rings. The van der Waals surface area contributed by atoms with E-state index in [2.05, 4.69) is 30.7 Å². The second-order valence-electron chi connectivity index (χ2n) is 10.3. The summed E-state index contributed by atoms with van der Waals surface area (Å²) in [4.78, 5) is 16.5. The number of nitrogens with zero attached hydrogens (tertiary/aromatic N) is 5. The van der Waals surface area contributed by atoms with E-state index in [0.29, 0.717) is 28.7 Å². The van der Waals surface area contributed by atoms with Crippen LogP contribution in [-0.2, 0) is 14.9 Å². The van der Waals surface area contributed by atoms with Gasteiger partial charge in [0.15, 0.2) is 0 Å². The molecule has 12 heteroatoms. The highest BCUT2D eigenvalue weighted by Crippen LogP contribution is 2.25. The van der Waals surface area contributed by atoms with Crippen molar-refractivity contribution < 1.29 is 17.6 Å². The summed E-state index contributed by atoms with van der Waals surface area (Å²) in [6, 6.07) is 13.0. The number of hydrogen-bond donors (Lipinski definition) is 2. The van der Waals surface area contributed by atoms with Gasteiger partial charge in [-0.2, -0.15) is 9.29 Å². The van der Waals surface area contributed by atoms with Crippen molar-refractivity contribution >= 4 is 38.9 Å². The number of oxime groups is 1. The number of rotatable bonds is 9. The zero-order valence-corrected chi connectivity index (χ0v) is 23.7. The van der Waals surface area contributed by atoms with Gasteiger partial charge in [0.2, 0.25) is 16.0 Å². The maximum Gasteiger partial charge on any atom is 0.243 e. The Labute approximate surface area is 234 Å². The van der Waals surface area contributed by atoms with Gasteiger partial charge in [-0.1, -0.05) is 5.16 Å². The van der Waals surface area contributed by atoms with Crippen molar-refractivity contribution in [3.63, 3.8) is 0 Å². The molecule has 1 atom stereocenters. The van der Waals surface area contributed by atoms with Crippen molar-refractivity contribution in [2.75, 3.05) is 37.3 Å². The van der Waals surface area contributed by atoms with E-state index in [0.717, 1.165) is 44.6 Å². The Morgan fingerprint density at radius 1 is 1.07 bits per heavy atom. The summed E-state index contributed by atoms with van der Waals surface area (Å²) in [5.74, 6) is 0.607. The molecule has 40 heavy (non-hydrogen) atoms. The Morgan fingerprint density at radius 2 is 1.80 bits per heavy atom. The Hall–Kier alpha value is -3.61. The average Bonchev–Trinajstić information content (AvgIpc) is 3.35. The van der Waals surface area contributed by atoms with E-state index in [9.17, 15) is 12.8 Å². The number of piperidine rings is 1. The molecule has 0 saturated carbocycles. The highest BCUT2D eigenvalue weighted by Gasteiger charge is 2.31. The minimum atomic E-state index is -3.65. The molecule has 0 bridgehead atoms. The monoisotopic (exact) mass is 567 g/mol. The fourth-order valence-corrected chi connectivity index (χ4v) is 6.34. The molecule has 10 nitrogen and oxygen atoms in total. The third-order valence-electron chi connectivity index (χ3n) is 7.24. The summed E-state index contributed by atoms with van der Waals surface area (Å²) >= 11 is 0. The van der Waals surface area contributed by atoms with Gasteiger partial charge in [-0.05, 0) is 80.8 Å². The molecule has 2 aliphatic rings. The number of aryl methyl sites for hydroxylation is 1. The first-order chi connectivity index (χ1) is 19.2. The van der Waals surface area contributed by atoms with Gasteiger partial charge in [0.05, 0.1) is 10.6 Å². The Kier molecular flexibility index (Phi) is 8.29. The largest absolute Gasteiger partial charge is 0.392 e. The van der Waals surface area contributed by atoms with Crippen LogP contribution in [0.3, 0.4) is 0 Å². The number of nitrogens with one attached hydrogen (secondary N) is 2. The molecule has 3 heterocycles. The number of aromatic nitrogens is 2. The van der Waals surface area contributed by atoms with E-state index in [-0.39, 0.29) is 22.9 Å². The van der Waals surface area contributed by atoms with Crippen LogP contribution < -0.4 is 10.6 Å². The Bertz CT molecular complexity index is 1480. The molecule has 0 aliphatic carbocycles. The van der Waals surface area contributed by atoms with E-state index in [1.54, 1.807) is 62.6 Å². The number of benzene rings is 2. The standard InChI is InChI=1S/C28H34FN7O3S/c1-19-16-22(6-9-26(19)29)31-27-10-13-30-28(33-27)32-21-4-7-25(8-5-21)40(37,38)35(3)24-11-14-36(15-12-24)18-23-17-20(2)39-34-23/h4-10,13,16,20,24H,11-12,14-15,17-18H2,1-3H3,(H2,30,31,32,33). The molecule has 2 N–H and O–H groups in total. The fourth-order valence-electron chi connectivity index (χ4n) is 4.92. The van der Waals surface area contributed by atoms with Crippen molar-refractivity contribution in [2.24, 2.45) is 5.16 Å². The molecule has 1 saturated heterocycles. The van der Waals surface area contributed by atoms with Crippen molar-refractivity contribution in [1.82, 2.24) is 19.2 Å². The van der Waals surface area contributed by atoms with Crippen LogP contribution in [0.25, 0.3) is 0 Å². The number of likely N-dealkylation sites (tertiary alicyclic amines) is 1. The third kappa shape index (κ3) is 6.57. The van der Waals surface area contributed by atoms with Crippen LogP contribution in [0.4, 0.5) is 27.5 Å². The maximum atomic E-state index is 13.6. The molecule has 5 rings (SSSR count). The topological polar surface area (TPSA) is 112 Å². The highest BCUT2D eigenvalue weighted by atomic mass is 32.2. The van der Waals surface area contributed by atoms with Gasteiger partial charge in [-0.15, -0.1) is 0 Å². The number of anilines is 4. The van der Waals surface area contributed by atoms with Gasteiger partial charge in [0, 0.05) is 56.7 Å². The first-order valence-electron chi connectivity index (χ1n) is 13.3. The van der Waals surface area contributed by atoms with Crippen LogP contribution in [0.1, 0.15) is 31.7 Å². The predicted molar refractivity (Wildman–Crippen MR) is 153 cm³/mol. The second kappa shape index (κ2) is 11.9.